The van der Waals surface area contributed by atoms with Crippen molar-refractivity contribution in [1.29, 1.82) is 0 Å². The predicted octanol–water partition coefficient (Wildman–Crippen LogP) is 3.69. The van der Waals surface area contributed by atoms with Crippen molar-refractivity contribution in [1.82, 2.24) is 9.78 Å². The van der Waals surface area contributed by atoms with Gasteiger partial charge in [0.25, 0.3) is 0 Å². The summed E-state index contributed by atoms with van der Waals surface area (Å²) in [5.41, 5.74) is 8.08. The molecule has 3 heteroatoms. The molecular weight excluding hydrogens is 234 g/mol. The Morgan fingerprint density at radius 1 is 1.32 bits per heavy atom. The molecule has 1 aromatic heterocycles. The van der Waals surface area contributed by atoms with Crippen LogP contribution >= 0.6 is 0 Å². The number of hydrogen-bond donors (Lipinski definition) is 1. The van der Waals surface area contributed by atoms with Crippen LogP contribution in [0.2, 0.25) is 0 Å². The van der Waals surface area contributed by atoms with Gasteiger partial charge in [0, 0.05) is 18.2 Å². The maximum Gasteiger partial charge on any atom is 0.0643 e. The van der Waals surface area contributed by atoms with E-state index >= 15 is 0 Å². The highest BCUT2D eigenvalue weighted by Crippen LogP contribution is 2.43. The van der Waals surface area contributed by atoms with Gasteiger partial charge in [-0.1, -0.05) is 27.7 Å². The summed E-state index contributed by atoms with van der Waals surface area (Å²) in [6.07, 6.45) is 8.78. The first-order valence-electron chi connectivity index (χ1n) is 7.70. The lowest BCUT2D eigenvalue weighted by atomic mass is 9.86. The molecule has 1 unspecified atom stereocenters. The van der Waals surface area contributed by atoms with E-state index in [0.29, 0.717) is 11.5 Å². The molecule has 19 heavy (non-hydrogen) atoms. The molecule has 0 amide bonds. The Labute approximate surface area is 117 Å². The Kier molecular flexibility index (Phi) is 4.05. The van der Waals surface area contributed by atoms with Gasteiger partial charge in [-0.15, -0.1) is 0 Å². The number of nitrogens with zero attached hydrogens (tertiary/aromatic N) is 2. The lowest BCUT2D eigenvalue weighted by molar-refractivity contribution is 0.331. The van der Waals surface area contributed by atoms with Crippen LogP contribution in [0.3, 0.4) is 0 Å². The highest BCUT2D eigenvalue weighted by Gasteiger charge is 2.40. The van der Waals surface area contributed by atoms with Crippen LogP contribution in [-0.2, 0) is 6.42 Å². The molecule has 1 fully saturated rings. The molecule has 3 nitrogen and oxygen atoms in total. The van der Waals surface area contributed by atoms with Gasteiger partial charge in [0.05, 0.1) is 11.7 Å². The minimum Gasteiger partial charge on any atom is -0.325 e. The molecule has 1 aliphatic rings. The van der Waals surface area contributed by atoms with Gasteiger partial charge < -0.3 is 5.73 Å². The van der Waals surface area contributed by atoms with E-state index in [1.807, 2.05) is 0 Å². The standard InChI is InChI=1S/C16H29N3/c1-5-14(6-2)19-10-7-13(18-19)11-16(17)9-8-15(3,4)12-16/h7,10,14H,5-6,8-9,11-12,17H2,1-4H3. The first-order valence-corrected chi connectivity index (χ1v) is 7.70. The Bertz CT molecular complexity index is 417. The van der Waals surface area contributed by atoms with E-state index in [4.69, 9.17) is 10.8 Å². The summed E-state index contributed by atoms with van der Waals surface area (Å²) in [7, 11) is 0. The zero-order valence-electron chi connectivity index (χ0n) is 12.9. The summed E-state index contributed by atoms with van der Waals surface area (Å²) in [6, 6.07) is 2.68. The third kappa shape index (κ3) is 3.38. The topological polar surface area (TPSA) is 43.8 Å². The second-order valence-corrected chi connectivity index (χ2v) is 7.14. The molecule has 0 bridgehead atoms. The molecule has 0 spiro atoms. The Morgan fingerprint density at radius 2 is 2.00 bits per heavy atom. The normalized spacial score (nSPS) is 26.2. The lowest BCUT2D eigenvalue weighted by Gasteiger charge is -2.25. The maximum absolute atomic E-state index is 6.57. The van der Waals surface area contributed by atoms with Gasteiger partial charge >= 0.3 is 0 Å². The van der Waals surface area contributed by atoms with Crippen LogP contribution in [-0.4, -0.2) is 15.3 Å². The molecule has 2 rings (SSSR count). The highest BCUT2D eigenvalue weighted by atomic mass is 15.3. The smallest absolute Gasteiger partial charge is 0.0643 e. The minimum atomic E-state index is -0.0450. The summed E-state index contributed by atoms with van der Waals surface area (Å²) >= 11 is 0. The minimum absolute atomic E-state index is 0.0450. The third-order valence-electron chi connectivity index (χ3n) is 4.64. The largest absolute Gasteiger partial charge is 0.325 e. The predicted molar refractivity (Wildman–Crippen MR) is 80.1 cm³/mol. The highest BCUT2D eigenvalue weighted by molar-refractivity contribution is 5.09. The number of rotatable bonds is 5. The fourth-order valence-corrected chi connectivity index (χ4v) is 3.57. The van der Waals surface area contributed by atoms with Crippen molar-refractivity contribution in [3.8, 4) is 0 Å². The van der Waals surface area contributed by atoms with Gasteiger partial charge in [0.15, 0.2) is 0 Å². The molecule has 108 valence electrons. The van der Waals surface area contributed by atoms with Crippen LogP contribution in [0.5, 0.6) is 0 Å². The van der Waals surface area contributed by atoms with Crippen molar-refractivity contribution in [2.24, 2.45) is 11.1 Å². The first-order chi connectivity index (χ1) is 8.87. The van der Waals surface area contributed by atoms with Crippen molar-refractivity contribution in [3.63, 3.8) is 0 Å². The van der Waals surface area contributed by atoms with E-state index in [1.54, 1.807) is 0 Å². The zero-order valence-corrected chi connectivity index (χ0v) is 12.9. The summed E-state index contributed by atoms with van der Waals surface area (Å²) < 4.78 is 2.12. The van der Waals surface area contributed by atoms with Gasteiger partial charge in [-0.3, -0.25) is 4.68 Å². The van der Waals surface area contributed by atoms with Gasteiger partial charge in [0.1, 0.15) is 0 Å². The van der Waals surface area contributed by atoms with Crippen LogP contribution in [0, 0.1) is 5.41 Å². The molecule has 1 atom stereocenters. The van der Waals surface area contributed by atoms with Gasteiger partial charge in [-0.2, -0.15) is 5.10 Å². The zero-order chi connectivity index (χ0) is 14.1. The molecular formula is C16H29N3. The quantitative estimate of drug-likeness (QED) is 0.880. The van der Waals surface area contributed by atoms with Crippen LogP contribution in [0.15, 0.2) is 12.3 Å². The Hall–Kier alpha value is -0.830. The van der Waals surface area contributed by atoms with Crippen molar-refractivity contribution in [2.75, 3.05) is 0 Å². The number of hydrogen-bond acceptors (Lipinski definition) is 2. The molecule has 1 saturated carbocycles. The average Bonchev–Trinajstić information content (AvgIpc) is 2.86. The van der Waals surface area contributed by atoms with Crippen LogP contribution < -0.4 is 5.73 Å². The first kappa shape index (κ1) is 14.6. The van der Waals surface area contributed by atoms with E-state index in [-0.39, 0.29) is 5.54 Å². The second-order valence-electron chi connectivity index (χ2n) is 7.14. The number of aromatic nitrogens is 2. The monoisotopic (exact) mass is 263 g/mol. The van der Waals surface area contributed by atoms with Crippen molar-refractivity contribution < 1.29 is 0 Å². The summed E-state index contributed by atoms with van der Waals surface area (Å²) in [6.45, 7) is 9.09. The van der Waals surface area contributed by atoms with Crippen molar-refractivity contribution in [2.45, 2.75) is 77.8 Å². The molecule has 0 aromatic carbocycles. The molecule has 1 heterocycles. The van der Waals surface area contributed by atoms with E-state index in [2.05, 4.69) is 44.6 Å². The molecule has 0 saturated heterocycles. The maximum atomic E-state index is 6.57. The Morgan fingerprint density at radius 3 is 2.53 bits per heavy atom. The van der Waals surface area contributed by atoms with Crippen LogP contribution in [0.1, 0.15) is 71.5 Å². The summed E-state index contributed by atoms with van der Waals surface area (Å²) in [4.78, 5) is 0. The summed E-state index contributed by atoms with van der Waals surface area (Å²) in [5.74, 6) is 0. The van der Waals surface area contributed by atoms with Crippen LogP contribution in [0.25, 0.3) is 0 Å². The fraction of sp³-hybridized carbons (Fsp3) is 0.812. The van der Waals surface area contributed by atoms with E-state index in [9.17, 15) is 0 Å². The van der Waals surface area contributed by atoms with Crippen molar-refractivity contribution in [3.05, 3.63) is 18.0 Å². The molecule has 0 radical (unpaired) electrons. The molecule has 2 N–H and O–H groups in total. The molecule has 0 aliphatic heterocycles. The number of nitrogens with two attached hydrogens (primary N) is 1. The van der Waals surface area contributed by atoms with Gasteiger partial charge in [-0.25, -0.2) is 0 Å². The Balaban J connectivity index is 2.04. The van der Waals surface area contributed by atoms with E-state index < -0.39 is 0 Å². The fourth-order valence-electron chi connectivity index (χ4n) is 3.57. The van der Waals surface area contributed by atoms with Crippen molar-refractivity contribution >= 4 is 0 Å². The van der Waals surface area contributed by atoms with Gasteiger partial charge in [-0.05, 0) is 43.6 Å². The second kappa shape index (κ2) is 5.28. The average molecular weight is 263 g/mol. The SMILES string of the molecule is CCC(CC)n1ccc(CC2(N)CCC(C)(C)C2)n1. The lowest BCUT2D eigenvalue weighted by Crippen LogP contribution is -2.40. The summed E-state index contributed by atoms with van der Waals surface area (Å²) in [5, 5.41) is 4.75. The van der Waals surface area contributed by atoms with E-state index in [0.717, 1.165) is 37.8 Å². The third-order valence-corrected chi connectivity index (χ3v) is 4.64. The molecule has 1 aliphatic carbocycles. The van der Waals surface area contributed by atoms with Crippen LogP contribution in [0.4, 0.5) is 0 Å². The van der Waals surface area contributed by atoms with Gasteiger partial charge in [0.2, 0.25) is 0 Å². The molecule has 1 aromatic rings. The van der Waals surface area contributed by atoms with E-state index in [1.165, 1.54) is 6.42 Å².